The minimum Gasteiger partial charge on any atom is -0.350 e. The summed E-state index contributed by atoms with van der Waals surface area (Å²) in [7, 11) is 0. The van der Waals surface area contributed by atoms with Crippen LogP contribution in [0, 0.1) is 0 Å². The minimum atomic E-state index is 0.102. The molecule has 0 aliphatic rings. The van der Waals surface area contributed by atoms with E-state index in [2.05, 4.69) is 47.2 Å². The van der Waals surface area contributed by atoms with Gasteiger partial charge in [0.1, 0.15) is 0 Å². The molecule has 3 rings (SSSR count). The third-order valence-corrected chi connectivity index (χ3v) is 4.98. The number of nitrogens with two attached hydrogens (primary N) is 1. The van der Waals surface area contributed by atoms with Crippen LogP contribution in [0.2, 0.25) is 0 Å². The van der Waals surface area contributed by atoms with Gasteiger partial charge in [-0.2, -0.15) is 0 Å². The van der Waals surface area contributed by atoms with Gasteiger partial charge in [-0.15, -0.1) is 0 Å². The number of nitrogens with one attached hydrogen (secondary N) is 1. The number of nitrogens with zero attached hydrogens (tertiary/aromatic N) is 1. The number of fused-ring (bicyclic) bond motifs is 1. The highest BCUT2D eigenvalue weighted by atomic mass is 32.2. The summed E-state index contributed by atoms with van der Waals surface area (Å²) in [5, 5.41) is 2.58. The van der Waals surface area contributed by atoms with Crippen LogP contribution in [-0.2, 0) is 0 Å². The highest BCUT2D eigenvalue weighted by molar-refractivity contribution is 7.99. The van der Waals surface area contributed by atoms with Gasteiger partial charge < -0.3 is 10.7 Å². The Bertz CT molecular complexity index is 675. The zero-order valence-electron chi connectivity index (χ0n) is 12.0. The van der Waals surface area contributed by atoms with Crippen LogP contribution < -0.4 is 5.73 Å². The molecule has 0 aliphatic carbocycles. The van der Waals surface area contributed by atoms with E-state index in [1.165, 1.54) is 10.9 Å². The summed E-state index contributed by atoms with van der Waals surface area (Å²) in [4.78, 5) is 7.69. The number of H-pyrrole nitrogens is 1. The Morgan fingerprint density at radius 2 is 2.10 bits per heavy atom. The van der Waals surface area contributed by atoms with Crippen LogP contribution in [0.5, 0.6) is 0 Å². The fraction of sp³-hybridized carbons (Fsp3) is 0.235. The van der Waals surface area contributed by atoms with Crippen molar-refractivity contribution in [2.24, 2.45) is 5.73 Å². The van der Waals surface area contributed by atoms with Crippen LogP contribution in [-0.4, -0.2) is 16.0 Å². The largest absolute Gasteiger partial charge is 0.350 e. The Morgan fingerprint density at radius 3 is 2.81 bits per heavy atom. The first-order chi connectivity index (χ1) is 10.3. The zero-order chi connectivity index (χ0) is 14.7. The van der Waals surface area contributed by atoms with Crippen molar-refractivity contribution >= 4 is 22.7 Å². The lowest BCUT2D eigenvalue weighted by Crippen LogP contribution is -2.25. The van der Waals surface area contributed by atoms with E-state index < -0.39 is 0 Å². The van der Waals surface area contributed by atoms with Gasteiger partial charge in [0.15, 0.2) is 0 Å². The highest BCUT2D eigenvalue weighted by Crippen LogP contribution is 2.38. The molecule has 0 aliphatic heterocycles. The first-order valence-corrected chi connectivity index (χ1v) is 8.06. The van der Waals surface area contributed by atoms with Gasteiger partial charge in [0.05, 0.1) is 10.3 Å². The van der Waals surface area contributed by atoms with Crippen molar-refractivity contribution < 1.29 is 0 Å². The number of hydrogen-bond acceptors (Lipinski definition) is 3. The van der Waals surface area contributed by atoms with E-state index in [1.54, 1.807) is 18.0 Å². The predicted molar refractivity (Wildman–Crippen MR) is 89.4 cm³/mol. The maximum atomic E-state index is 6.33. The van der Waals surface area contributed by atoms with E-state index in [0.717, 1.165) is 17.0 Å². The lowest BCUT2D eigenvalue weighted by molar-refractivity contribution is 0.632. The molecule has 0 saturated carbocycles. The monoisotopic (exact) mass is 297 g/mol. The van der Waals surface area contributed by atoms with Crippen molar-refractivity contribution in [1.29, 1.82) is 0 Å². The van der Waals surface area contributed by atoms with Crippen molar-refractivity contribution in [2.45, 2.75) is 29.7 Å². The van der Waals surface area contributed by atoms with Crippen LogP contribution in [0.4, 0.5) is 0 Å². The SMILES string of the molecule is CCC(N)C(Sc1cc2ccccc2[nH]1)c1cccnc1. The van der Waals surface area contributed by atoms with Crippen LogP contribution in [0.1, 0.15) is 24.2 Å². The van der Waals surface area contributed by atoms with Gasteiger partial charge in [0.25, 0.3) is 0 Å². The molecule has 2 aromatic heterocycles. The molecule has 21 heavy (non-hydrogen) atoms. The summed E-state index contributed by atoms with van der Waals surface area (Å²) in [6, 6.07) is 14.7. The number of para-hydroxylation sites is 1. The van der Waals surface area contributed by atoms with Crippen LogP contribution >= 0.6 is 11.8 Å². The number of rotatable bonds is 5. The van der Waals surface area contributed by atoms with Gasteiger partial charge in [-0.3, -0.25) is 4.98 Å². The summed E-state index contributed by atoms with van der Waals surface area (Å²) >= 11 is 1.78. The van der Waals surface area contributed by atoms with E-state index in [4.69, 9.17) is 5.73 Å². The van der Waals surface area contributed by atoms with Gasteiger partial charge in [-0.25, -0.2) is 0 Å². The number of aromatic nitrogens is 2. The van der Waals surface area contributed by atoms with Crippen molar-refractivity contribution in [1.82, 2.24) is 9.97 Å². The van der Waals surface area contributed by atoms with Crippen molar-refractivity contribution in [3.8, 4) is 0 Å². The maximum absolute atomic E-state index is 6.33. The quantitative estimate of drug-likeness (QED) is 0.696. The average Bonchev–Trinajstić information content (AvgIpc) is 2.95. The summed E-state index contributed by atoms with van der Waals surface area (Å²) in [5.74, 6) is 0. The fourth-order valence-electron chi connectivity index (χ4n) is 2.41. The average molecular weight is 297 g/mol. The molecular weight excluding hydrogens is 278 g/mol. The molecule has 108 valence electrons. The third-order valence-electron chi connectivity index (χ3n) is 3.63. The molecular formula is C17H19N3S. The molecule has 3 nitrogen and oxygen atoms in total. The maximum Gasteiger partial charge on any atom is 0.0739 e. The van der Waals surface area contributed by atoms with E-state index in [0.29, 0.717) is 0 Å². The number of hydrogen-bond donors (Lipinski definition) is 2. The molecule has 4 heteroatoms. The Hall–Kier alpha value is -1.78. The molecule has 3 N–H and O–H groups in total. The van der Waals surface area contributed by atoms with Gasteiger partial charge in [0, 0.05) is 29.3 Å². The summed E-state index contributed by atoms with van der Waals surface area (Å²) in [6.07, 6.45) is 4.65. The fourth-order valence-corrected chi connectivity index (χ4v) is 3.69. The molecule has 0 saturated heterocycles. The van der Waals surface area contributed by atoms with Gasteiger partial charge >= 0.3 is 0 Å². The lowest BCUT2D eigenvalue weighted by Gasteiger charge is -2.21. The van der Waals surface area contributed by atoms with E-state index >= 15 is 0 Å². The second kappa shape index (κ2) is 6.33. The molecule has 2 heterocycles. The van der Waals surface area contributed by atoms with Crippen molar-refractivity contribution in [3.05, 3.63) is 60.4 Å². The molecule has 0 radical (unpaired) electrons. The number of thioether (sulfide) groups is 1. The summed E-state index contributed by atoms with van der Waals surface area (Å²) < 4.78 is 0. The standard InChI is InChI=1S/C17H19N3S/c1-2-14(18)17(13-7-5-9-19-11-13)21-16-10-12-6-3-4-8-15(12)20-16/h3-11,14,17,20H,2,18H2,1H3. The number of aromatic amines is 1. The number of benzene rings is 1. The van der Waals surface area contributed by atoms with E-state index in [-0.39, 0.29) is 11.3 Å². The molecule has 0 fully saturated rings. The van der Waals surface area contributed by atoms with Crippen molar-refractivity contribution in [3.63, 3.8) is 0 Å². The Balaban J connectivity index is 1.90. The first kappa shape index (κ1) is 14.2. The lowest BCUT2D eigenvalue weighted by atomic mass is 10.1. The van der Waals surface area contributed by atoms with Crippen LogP contribution in [0.15, 0.2) is 59.9 Å². The zero-order valence-corrected chi connectivity index (χ0v) is 12.8. The molecule has 1 aromatic carbocycles. The molecule has 0 bridgehead atoms. The Kier molecular flexibility index (Phi) is 4.27. The van der Waals surface area contributed by atoms with Crippen molar-refractivity contribution in [2.75, 3.05) is 0 Å². The molecule has 2 unspecified atom stereocenters. The van der Waals surface area contributed by atoms with Crippen LogP contribution in [0.25, 0.3) is 10.9 Å². The Labute approximate surface area is 129 Å². The topological polar surface area (TPSA) is 54.7 Å². The second-order valence-electron chi connectivity index (χ2n) is 5.12. The van der Waals surface area contributed by atoms with Gasteiger partial charge in [-0.1, -0.05) is 43.0 Å². The minimum absolute atomic E-state index is 0.102. The first-order valence-electron chi connectivity index (χ1n) is 7.18. The molecule has 0 spiro atoms. The predicted octanol–water partition coefficient (Wildman–Crippen LogP) is 4.13. The van der Waals surface area contributed by atoms with Gasteiger partial charge in [-0.05, 0) is 30.2 Å². The van der Waals surface area contributed by atoms with Gasteiger partial charge in [0.2, 0.25) is 0 Å². The molecule has 3 aromatic rings. The normalized spacial score (nSPS) is 14.2. The smallest absolute Gasteiger partial charge is 0.0739 e. The molecule has 0 amide bonds. The summed E-state index contributed by atoms with van der Waals surface area (Å²) in [5.41, 5.74) is 8.67. The van der Waals surface area contributed by atoms with E-state index in [9.17, 15) is 0 Å². The molecule has 2 atom stereocenters. The van der Waals surface area contributed by atoms with Crippen LogP contribution in [0.3, 0.4) is 0 Å². The summed E-state index contributed by atoms with van der Waals surface area (Å²) in [6.45, 7) is 2.12. The highest BCUT2D eigenvalue weighted by Gasteiger charge is 2.21. The Morgan fingerprint density at radius 1 is 1.24 bits per heavy atom. The van der Waals surface area contributed by atoms with E-state index in [1.807, 2.05) is 18.3 Å². The second-order valence-corrected chi connectivity index (χ2v) is 6.30. The third kappa shape index (κ3) is 3.12. The number of pyridine rings is 1.